The fraction of sp³-hybridized carbons (Fsp3) is 0.467. The van der Waals surface area contributed by atoms with E-state index in [1.54, 1.807) is 0 Å². The lowest BCUT2D eigenvalue weighted by Gasteiger charge is -2.05. The largest absolute Gasteiger partial charge is 0.384 e. The van der Waals surface area contributed by atoms with Crippen molar-refractivity contribution in [3.05, 3.63) is 41.5 Å². The fourth-order valence-corrected chi connectivity index (χ4v) is 2.53. The lowest BCUT2D eigenvalue weighted by molar-refractivity contribution is 0.149. The number of anilines is 1. The van der Waals surface area contributed by atoms with Gasteiger partial charge in [0.05, 0.1) is 6.61 Å². The Labute approximate surface area is 118 Å². The first-order chi connectivity index (χ1) is 9.86. The predicted molar refractivity (Wildman–Crippen MR) is 75.9 cm³/mol. The molecule has 1 N–H and O–H groups in total. The number of benzene rings is 1. The normalized spacial score (nSPS) is 16.9. The molecule has 1 unspecified atom stereocenters. The van der Waals surface area contributed by atoms with Crippen LogP contribution in [0.1, 0.15) is 30.1 Å². The zero-order chi connectivity index (χ0) is 13.8. The zero-order valence-corrected chi connectivity index (χ0v) is 11.6. The molecule has 0 bridgehead atoms. The van der Waals surface area contributed by atoms with E-state index in [9.17, 15) is 0 Å². The van der Waals surface area contributed by atoms with Crippen molar-refractivity contribution in [2.75, 3.05) is 25.1 Å². The number of ether oxygens (including phenoxy) is 1. The van der Waals surface area contributed by atoms with E-state index in [2.05, 4.69) is 33.7 Å². The van der Waals surface area contributed by atoms with E-state index in [0.29, 0.717) is 24.8 Å². The van der Waals surface area contributed by atoms with Gasteiger partial charge in [-0.15, -0.1) is 0 Å². The van der Waals surface area contributed by atoms with Gasteiger partial charge in [-0.2, -0.15) is 4.98 Å². The number of aromatic nitrogens is 2. The van der Waals surface area contributed by atoms with Gasteiger partial charge in [-0.25, -0.2) is 0 Å². The van der Waals surface area contributed by atoms with Crippen LogP contribution in [-0.2, 0) is 17.6 Å². The van der Waals surface area contributed by atoms with Crippen LogP contribution in [0.5, 0.6) is 0 Å². The molecule has 1 aromatic carbocycles. The minimum absolute atomic E-state index is 0.409. The Morgan fingerprint density at radius 2 is 2.30 bits per heavy atom. The number of fused-ring (bicyclic) bond motifs is 1. The van der Waals surface area contributed by atoms with E-state index >= 15 is 0 Å². The number of nitrogens with one attached hydrogen (secondary N) is 1. The minimum Gasteiger partial charge on any atom is -0.384 e. The van der Waals surface area contributed by atoms with Crippen molar-refractivity contribution >= 4 is 5.69 Å². The van der Waals surface area contributed by atoms with Crippen molar-refractivity contribution in [1.29, 1.82) is 0 Å². The van der Waals surface area contributed by atoms with Crippen LogP contribution in [0.3, 0.4) is 0 Å². The Kier molecular flexibility index (Phi) is 3.97. The standard InChI is InChI=1S/C15H19N3O2/c1-2-19-8-7-14-17-15(20-18-14)9-11-10-16-13-6-4-3-5-12(11)13/h3-6,11,16H,2,7-10H2,1H3. The second-order valence-corrected chi connectivity index (χ2v) is 4.92. The molecule has 1 aliphatic heterocycles. The van der Waals surface area contributed by atoms with Gasteiger partial charge in [-0.05, 0) is 18.6 Å². The van der Waals surface area contributed by atoms with Crippen LogP contribution in [-0.4, -0.2) is 29.9 Å². The number of hydrogen-bond donors (Lipinski definition) is 1. The molecule has 2 aromatic rings. The minimum atomic E-state index is 0.409. The topological polar surface area (TPSA) is 60.2 Å². The summed E-state index contributed by atoms with van der Waals surface area (Å²) in [7, 11) is 0. The lowest BCUT2D eigenvalue weighted by Crippen LogP contribution is -2.06. The van der Waals surface area contributed by atoms with Gasteiger partial charge in [-0.1, -0.05) is 23.4 Å². The monoisotopic (exact) mass is 273 g/mol. The number of hydrogen-bond acceptors (Lipinski definition) is 5. The van der Waals surface area contributed by atoms with Gasteiger partial charge in [0, 0.05) is 37.6 Å². The molecule has 5 nitrogen and oxygen atoms in total. The van der Waals surface area contributed by atoms with Crippen LogP contribution in [0.2, 0.25) is 0 Å². The van der Waals surface area contributed by atoms with Gasteiger partial charge >= 0.3 is 0 Å². The van der Waals surface area contributed by atoms with Crippen LogP contribution in [0.15, 0.2) is 28.8 Å². The van der Waals surface area contributed by atoms with E-state index in [4.69, 9.17) is 9.26 Å². The van der Waals surface area contributed by atoms with Crippen molar-refractivity contribution in [2.45, 2.75) is 25.7 Å². The van der Waals surface area contributed by atoms with E-state index in [1.165, 1.54) is 11.3 Å². The fourth-order valence-electron chi connectivity index (χ4n) is 2.53. The first kappa shape index (κ1) is 13.1. The van der Waals surface area contributed by atoms with Crippen molar-refractivity contribution in [2.24, 2.45) is 0 Å². The SMILES string of the molecule is CCOCCc1noc(CC2CNc3ccccc32)n1. The summed E-state index contributed by atoms with van der Waals surface area (Å²) in [6.07, 6.45) is 1.49. The Hall–Kier alpha value is -1.88. The smallest absolute Gasteiger partial charge is 0.227 e. The van der Waals surface area contributed by atoms with Crippen molar-refractivity contribution in [1.82, 2.24) is 10.1 Å². The molecule has 1 atom stereocenters. The van der Waals surface area contributed by atoms with Gasteiger partial charge in [0.1, 0.15) is 0 Å². The molecular formula is C15H19N3O2. The van der Waals surface area contributed by atoms with Crippen LogP contribution in [0.25, 0.3) is 0 Å². The maximum Gasteiger partial charge on any atom is 0.227 e. The van der Waals surface area contributed by atoms with Crippen LogP contribution >= 0.6 is 0 Å². The Morgan fingerprint density at radius 1 is 1.40 bits per heavy atom. The van der Waals surface area contributed by atoms with Gasteiger partial charge in [-0.3, -0.25) is 0 Å². The molecule has 0 saturated carbocycles. The van der Waals surface area contributed by atoms with Gasteiger partial charge < -0.3 is 14.6 Å². The summed E-state index contributed by atoms with van der Waals surface area (Å²) < 4.78 is 10.6. The maximum absolute atomic E-state index is 5.33. The van der Waals surface area contributed by atoms with Gasteiger partial charge in [0.15, 0.2) is 5.82 Å². The zero-order valence-electron chi connectivity index (χ0n) is 11.6. The molecular weight excluding hydrogens is 254 g/mol. The van der Waals surface area contributed by atoms with Crippen LogP contribution < -0.4 is 5.32 Å². The average Bonchev–Trinajstić information content (AvgIpc) is 3.08. The summed E-state index contributed by atoms with van der Waals surface area (Å²) >= 11 is 0. The Balaban J connectivity index is 1.62. The lowest BCUT2D eigenvalue weighted by atomic mass is 9.98. The number of para-hydroxylation sites is 1. The highest BCUT2D eigenvalue weighted by Crippen LogP contribution is 2.32. The molecule has 0 amide bonds. The quantitative estimate of drug-likeness (QED) is 0.819. The second-order valence-electron chi connectivity index (χ2n) is 4.92. The maximum atomic E-state index is 5.33. The third kappa shape index (κ3) is 2.82. The second kappa shape index (κ2) is 6.05. The van der Waals surface area contributed by atoms with E-state index in [-0.39, 0.29) is 0 Å². The van der Waals surface area contributed by atoms with Gasteiger partial charge in [0.2, 0.25) is 5.89 Å². The Morgan fingerprint density at radius 3 is 3.20 bits per heavy atom. The highest BCUT2D eigenvalue weighted by molar-refractivity contribution is 5.57. The molecule has 2 heterocycles. The summed E-state index contributed by atoms with van der Waals surface area (Å²) in [6.45, 7) is 4.26. The molecule has 20 heavy (non-hydrogen) atoms. The van der Waals surface area contributed by atoms with Crippen molar-refractivity contribution < 1.29 is 9.26 Å². The van der Waals surface area contributed by atoms with Gasteiger partial charge in [0.25, 0.3) is 0 Å². The van der Waals surface area contributed by atoms with Crippen molar-refractivity contribution in [3.8, 4) is 0 Å². The molecule has 5 heteroatoms. The summed E-state index contributed by atoms with van der Waals surface area (Å²) in [6, 6.07) is 8.38. The van der Waals surface area contributed by atoms with E-state index in [1.807, 2.05) is 13.0 Å². The van der Waals surface area contributed by atoms with Crippen LogP contribution in [0.4, 0.5) is 5.69 Å². The molecule has 0 aliphatic carbocycles. The molecule has 3 rings (SSSR count). The van der Waals surface area contributed by atoms with Crippen LogP contribution in [0, 0.1) is 0 Å². The summed E-state index contributed by atoms with van der Waals surface area (Å²) in [5.74, 6) is 1.85. The Bertz CT molecular complexity index is 568. The number of rotatable bonds is 6. The van der Waals surface area contributed by atoms with E-state index in [0.717, 1.165) is 25.4 Å². The van der Waals surface area contributed by atoms with E-state index < -0.39 is 0 Å². The molecule has 106 valence electrons. The predicted octanol–water partition coefficient (Wildman–Crippen LogP) is 2.40. The molecule has 0 fully saturated rings. The molecule has 0 radical (unpaired) electrons. The molecule has 0 spiro atoms. The molecule has 1 aromatic heterocycles. The third-order valence-electron chi connectivity index (χ3n) is 3.54. The summed E-state index contributed by atoms with van der Waals surface area (Å²) in [5.41, 5.74) is 2.55. The highest BCUT2D eigenvalue weighted by atomic mass is 16.5. The molecule has 0 saturated heterocycles. The summed E-state index contributed by atoms with van der Waals surface area (Å²) in [5, 5.41) is 7.41. The average molecular weight is 273 g/mol. The number of nitrogens with zero attached hydrogens (tertiary/aromatic N) is 2. The first-order valence-electron chi connectivity index (χ1n) is 7.09. The first-order valence-corrected chi connectivity index (χ1v) is 7.09. The summed E-state index contributed by atoms with van der Waals surface area (Å²) in [4.78, 5) is 4.43. The van der Waals surface area contributed by atoms with Crippen molar-refractivity contribution in [3.63, 3.8) is 0 Å². The highest BCUT2D eigenvalue weighted by Gasteiger charge is 2.24. The molecule has 1 aliphatic rings. The third-order valence-corrected chi connectivity index (χ3v) is 3.54.